The van der Waals surface area contributed by atoms with Crippen LogP contribution in [0.3, 0.4) is 0 Å². The highest BCUT2D eigenvalue weighted by Gasteiger charge is 2.31. The van der Waals surface area contributed by atoms with Crippen molar-refractivity contribution in [2.45, 2.75) is 37.7 Å². The Labute approximate surface area is 140 Å². The van der Waals surface area contributed by atoms with Crippen molar-refractivity contribution in [3.8, 4) is 0 Å². The minimum Gasteiger partial charge on any atom is -0.368 e. The van der Waals surface area contributed by atoms with Gasteiger partial charge < -0.3 is 14.6 Å². The highest BCUT2D eigenvalue weighted by molar-refractivity contribution is 6.31. The van der Waals surface area contributed by atoms with E-state index in [0.717, 1.165) is 61.3 Å². The van der Waals surface area contributed by atoms with Gasteiger partial charge in [0, 0.05) is 47.2 Å². The highest BCUT2D eigenvalue weighted by Crippen LogP contribution is 2.31. The molecule has 1 aromatic heterocycles. The smallest absolute Gasteiger partial charge is 0.251 e. The number of nitrogens with zero attached hydrogens (tertiary/aromatic N) is 1. The molecule has 1 atom stereocenters. The number of amides is 1. The molecule has 1 unspecified atom stereocenters. The van der Waals surface area contributed by atoms with E-state index in [9.17, 15) is 4.79 Å². The standard InChI is InChI=1S/C18H21ClN2O2/c19-14-3-4-15-13(10-14)11-16(20-15)12-5-7-21(8-6-12)18(22)17-2-1-9-23-17/h3-4,10-12,17,20H,1-2,5-9H2. The topological polar surface area (TPSA) is 45.3 Å². The van der Waals surface area contributed by atoms with Gasteiger partial charge in [0.1, 0.15) is 6.10 Å². The van der Waals surface area contributed by atoms with Crippen molar-refractivity contribution in [2.75, 3.05) is 19.7 Å². The van der Waals surface area contributed by atoms with Gasteiger partial charge in [-0.2, -0.15) is 0 Å². The van der Waals surface area contributed by atoms with Crippen LogP contribution in [-0.4, -0.2) is 41.6 Å². The van der Waals surface area contributed by atoms with Crippen LogP contribution in [0, 0.1) is 0 Å². The van der Waals surface area contributed by atoms with Crippen molar-refractivity contribution in [1.29, 1.82) is 0 Å². The summed E-state index contributed by atoms with van der Waals surface area (Å²) in [5.41, 5.74) is 2.38. The van der Waals surface area contributed by atoms with Gasteiger partial charge in [-0.25, -0.2) is 0 Å². The summed E-state index contributed by atoms with van der Waals surface area (Å²) in [6, 6.07) is 8.13. The number of benzene rings is 1. The highest BCUT2D eigenvalue weighted by atomic mass is 35.5. The molecule has 2 saturated heterocycles. The second kappa shape index (κ2) is 6.17. The number of hydrogen-bond acceptors (Lipinski definition) is 2. The number of nitrogens with one attached hydrogen (secondary N) is 1. The van der Waals surface area contributed by atoms with Gasteiger partial charge >= 0.3 is 0 Å². The van der Waals surface area contributed by atoms with E-state index in [1.54, 1.807) is 0 Å². The molecule has 0 saturated carbocycles. The van der Waals surface area contributed by atoms with E-state index < -0.39 is 0 Å². The fraction of sp³-hybridized carbons (Fsp3) is 0.500. The maximum absolute atomic E-state index is 12.4. The van der Waals surface area contributed by atoms with E-state index >= 15 is 0 Å². The number of aromatic amines is 1. The summed E-state index contributed by atoms with van der Waals surface area (Å²) in [6.07, 6.45) is 3.69. The van der Waals surface area contributed by atoms with E-state index in [0.29, 0.717) is 5.92 Å². The summed E-state index contributed by atoms with van der Waals surface area (Å²) in [5, 5.41) is 1.92. The second-order valence-corrected chi connectivity index (χ2v) is 6.99. The maximum Gasteiger partial charge on any atom is 0.251 e. The van der Waals surface area contributed by atoms with Crippen LogP contribution in [0.15, 0.2) is 24.3 Å². The lowest BCUT2D eigenvalue weighted by atomic mass is 9.93. The molecule has 23 heavy (non-hydrogen) atoms. The Balaban J connectivity index is 1.43. The minimum absolute atomic E-state index is 0.185. The van der Waals surface area contributed by atoms with Crippen LogP contribution in [0.5, 0.6) is 0 Å². The number of carbonyl (C=O) groups excluding carboxylic acids is 1. The van der Waals surface area contributed by atoms with Gasteiger partial charge in [0.15, 0.2) is 0 Å². The molecule has 0 spiro atoms. The van der Waals surface area contributed by atoms with Crippen molar-refractivity contribution >= 4 is 28.4 Å². The largest absolute Gasteiger partial charge is 0.368 e. The van der Waals surface area contributed by atoms with Crippen LogP contribution in [0.25, 0.3) is 10.9 Å². The molecular weight excluding hydrogens is 312 g/mol. The van der Waals surface area contributed by atoms with Gasteiger partial charge in [-0.3, -0.25) is 4.79 Å². The molecule has 2 fully saturated rings. The third-order valence-electron chi connectivity index (χ3n) is 5.06. The lowest BCUT2D eigenvalue weighted by Crippen LogP contribution is -2.43. The van der Waals surface area contributed by atoms with Gasteiger partial charge in [-0.1, -0.05) is 11.6 Å². The minimum atomic E-state index is -0.193. The fourth-order valence-electron chi connectivity index (χ4n) is 3.73. The number of halogens is 1. The van der Waals surface area contributed by atoms with Crippen LogP contribution in [0.4, 0.5) is 0 Å². The van der Waals surface area contributed by atoms with Gasteiger partial charge in [0.05, 0.1) is 0 Å². The van der Waals surface area contributed by atoms with Gasteiger partial charge in [-0.15, -0.1) is 0 Å². The zero-order chi connectivity index (χ0) is 15.8. The Kier molecular flexibility index (Phi) is 4.04. The monoisotopic (exact) mass is 332 g/mol. The summed E-state index contributed by atoms with van der Waals surface area (Å²) in [5.74, 6) is 0.666. The predicted molar refractivity (Wildman–Crippen MR) is 90.8 cm³/mol. The van der Waals surface area contributed by atoms with Crippen LogP contribution in [0.2, 0.25) is 5.02 Å². The van der Waals surface area contributed by atoms with E-state index in [1.165, 1.54) is 5.69 Å². The van der Waals surface area contributed by atoms with Crippen molar-refractivity contribution in [3.05, 3.63) is 35.0 Å². The van der Waals surface area contributed by atoms with Crippen LogP contribution >= 0.6 is 11.6 Å². The van der Waals surface area contributed by atoms with Crippen molar-refractivity contribution in [1.82, 2.24) is 9.88 Å². The first-order chi connectivity index (χ1) is 11.2. The van der Waals surface area contributed by atoms with Gasteiger partial charge in [0.25, 0.3) is 5.91 Å². The van der Waals surface area contributed by atoms with E-state index in [4.69, 9.17) is 16.3 Å². The number of likely N-dealkylation sites (tertiary alicyclic amines) is 1. The van der Waals surface area contributed by atoms with Crippen LogP contribution in [0.1, 0.15) is 37.3 Å². The number of ether oxygens (including phenoxy) is 1. The molecule has 4 rings (SSSR count). The van der Waals surface area contributed by atoms with Gasteiger partial charge in [0.2, 0.25) is 0 Å². The van der Waals surface area contributed by atoms with Crippen molar-refractivity contribution < 1.29 is 9.53 Å². The Morgan fingerprint density at radius 3 is 2.78 bits per heavy atom. The first-order valence-corrected chi connectivity index (χ1v) is 8.77. The Morgan fingerprint density at radius 1 is 1.22 bits per heavy atom. The first-order valence-electron chi connectivity index (χ1n) is 8.39. The lowest BCUT2D eigenvalue weighted by Gasteiger charge is -2.33. The molecule has 3 heterocycles. The van der Waals surface area contributed by atoms with Crippen LogP contribution in [-0.2, 0) is 9.53 Å². The van der Waals surface area contributed by atoms with Crippen LogP contribution < -0.4 is 0 Å². The number of hydrogen-bond donors (Lipinski definition) is 1. The normalized spacial score (nSPS) is 22.8. The third kappa shape index (κ3) is 2.98. The Morgan fingerprint density at radius 2 is 2.04 bits per heavy atom. The lowest BCUT2D eigenvalue weighted by molar-refractivity contribution is -0.142. The Hall–Kier alpha value is -1.52. The summed E-state index contributed by atoms with van der Waals surface area (Å²) in [7, 11) is 0. The zero-order valence-corrected chi connectivity index (χ0v) is 13.8. The van der Waals surface area contributed by atoms with E-state index in [1.807, 2.05) is 23.1 Å². The number of piperidine rings is 1. The fourth-order valence-corrected chi connectivity index (χ4v) is 3.91. The molecule has 1 aromatic carbocycles. The average Bonchev–Trinajstić information content (AvgIpc) is 3.23. The number of rotatable bonds is 2. The average molecular weight is 333 g/mol. The molecule has 0 bridgehead atoms. The second-order valence-electron chi connectivity index (χ2n) is 6.56. The molecule has 5 heteroatoms. The maximum atomic E-state index is 12.4. The molecule has 0 aliphatic carbocycles. The third-order valence-corrected chi connectivity index (χ3v) is 5.29. The molecule has 0 radical (unpaired) electrons. The summed E-state index contributed by atoms with van der Waals surface area (Å²) >= 11 is 6.06. The van der Waals surface area contributed by atoms with E-state index in [2.05, 4.69) is 11.1 Å². The number of carbonyl (C=O) groups is 1. The van der Waals surface area contributed by atoms with Crippen molar-refractivity contribution in [2.24, 2.45) is 0 Å². The Bertz CT molecular complexity index is 713. The molecule has 2 aliphatic heterocycles. The first kappa shape index (κ1) is 15.0. The quantitative estimate of drug-likeness (QED) is 0.911. The molecule has 1 amide bonds. The number of fused-ring (bicyclic) bond motifs is 1. The molecule has 2 aromatic rings. The number of H-pyrrole nitrogens is 1. The molecule has 2 aliphatic rings. The predicted octanol–water partition coefficient (Wildman–Crippen LogP) is 3.71. The number of aromatic nitrogens is 1. The molecular formula is C18H21ClN2O2. The molecule has 1 N–H and O–H groups in total. The van der Waals surface area contributed by atoms with E-state index in [-0.39, 0.29) is 12.0 Å². The molecule has 4 nitrogen and oxygen atoms in total. The summed E-state index contributed by atoms with van der Waals surface area (Å²) in [6.45, 7) is 2.36. The summed E-state index contributed by atoms with van der Waals surface area (Å²) < 4.78 is 5.52. The molecule has 122 valence electrons. The zero-order valence-electron chi connectivity index (χ0n) is 13.1. The van der Waals surface area contributed by atoms with Crippen molar-refractivity contribution in [3.63, 3.8) is 0 Å². The van der Waals surface area contributed by atoms with Gasteiger partial charge in [-0.05, 0) is 49.9 Å². The SMILES string of the molecule is O=C(C1CCCO1)N1CCC(c2cc3cc(Cl)ccc3[nH]2)CC1. The summed E-state index contributed by atoms with van der Waals surface area (Å²) in [4.78, 5) is 17.9.